The molecule has 0 aliphatic carbocycles. The van der Waals surface area contributed by atoms with Gasteiger partial charge in [-0.05, 0) is 59.5 Å². The van der Waals surface area contributed by atoms with E-state index in [-0.39, 0.29) is 47.2 Å². The van der Waals surface area contributed by atoms with Crippen LogP contribution in [0.5, 0.6) is 0 Å². The average Bonchev–Trinajstić information content (AvgIpc) is 2.95. The number of anilines is 1. The lowest BCUT2D eigenvalue weighted by Gasteiger charge is -2.16. The van der Waals surface area contributed by atoms with Crippen LogP contribution in [-0.2, 0) is 23.7 Å². The summed E-state index contributed by atoms with van der Waals surface area (Å²) in [5, 5.41) is 11.9. The number of alkyl halides is 6. The minimum Gasteiger partial charge on any atom is -0.481 e. The summed E-state index contributed by atoms with van der Waals surface area (Å²) in [6.07, 6.45) is -9.11. The number of halogens is 8. The molecule has 4 rings (SSSR count). The van der Waals surface area contributed by atoms with Crippen LogP contribution in [-0.4, -0.2) is 16.9 Å². The maximum atomic E-state index is 13.6. The zero-order chi connectivity index (χ0) is 32.2. The van der Waals surface area contributed by atoms with Gasteiger partial charge < -0.3 is 10.4 Å². The third-order valence-electron chi connectivity index (χ3n) is 6.79. The lowest BCUT2D eigenvalue weighted by atomic mass is 9.95. The highest BCUT2D eigenvalue weighted by Crippen LogP contribution is 2.39. The minimum atomic E-state index is -4.59. The van der Waals surface area contributed by atoms with Crippen molar-refractivity contribution in [1.29, 1.82) is 0 Å². The molecule has 2 N–H and O–H groups in total. The van der Waals surface area contributed by atoms with Crippen molar-refractivity contribution in [3.8, 4) is 22.3 Å². The van der Waals surface area contributed by atoms with E-state index >= 15 is 0 Å². The SMILES string of the molecule is O=C(O)CCCC(=O)c1ccc(-c2cc(C(F)(F)F)ccc2CNc2ccc(-c3ccc(C(F)(F)F)cc3Cl)c(Cl)c2)cc1. The number of Topliss-reactive ketones (excluding diaryl/α,β-unsaturated/α-hetero) is 1. The summed E-state index contributed by atoms with van der Waals surface area (Å²) in [5.74, 6) is -1.29. The normalized spacial score (nSPS) is 11.8. The van der Waals surface area contributed by atoms with Crippen LogP contribution >= 0.6 is 23.2 Å². The zero-order valence-corrected chi connectivity index (χ0v) is 24.1. The highest BCUT2D eigenvalue weighted by atomic mass is 35.5. The quantitative estimate of drug-likeness (QED) is 0.132. The summed E-state index contributed by atoms with van der Waals surface area (Å²) in [4.78, 5) is 23.1. The molecule has 0 heterocycles. The first kappa shape index (κ1) is 32.9. The molecule has 0 unspecified atom stereocenters. The predicted octanol–water partition coefficient (Wildman–Crippen LogP) is 10.4. The van der Waals surface area contributed by atoms with Gasteiger partial charge in [0.2, 0.25) is 0 Å². The number of rotatable bonds is 10. The number of ketones is 1. The molecule has 44 heavy (non-hydrogen) atoms. The molecule has 4 nitrogen and oxygen atoms in total. The molecule has 0 aromatic heterocycles. The van der Waals surface area contributed by atoms with E-state index in [0.29, 0.717) is 33.5 Å². The Balaban J connectivity index is 1.56. The maximum absolute atomic E-state index is 13.6. The van der Waals surface area contributed by atoms with Gasteiger partial charge in [-0.3, -0.25) is 9.59 Å². The fraction of sp³-hybridized carbons (Fsp3) is 0.188. The van der Waals surface area contributed by atoms with Crippen LogP contribution in [0.25, 0.3) is 22.3 Å². The molecule has 0 radical (unpaired) electrons. The topological polar surface area (TPSA) is 66.4 Å². The van der Waals surface area contributed by atoms with E-state index in [0.717, 1.165) is 24.3 Å². The molecule has 0 aliphatic heterocycles. The van der Waals surface area contributed by atoms with Gasteiger partial charge in [0.25, 0.3) is 0 Å². The second kappa shape index (κ2) is 13.3. The number of carbonyl (C=O) groups is 2. The number of carboxylic acids is 1. The van der Waals surface area contributed by atoms with E-state index in [4.69, 9.17) is 28.3 Å². The first-order valence-corrected chi connectivity index (χ1v) is 13.8. The summed E-state index contributed by atoms with van der Waals surface area (Å²) in [7, 11) is 0. The Morgan fingerprint density at radius 3 is 1.82 bits per heavy atom. The number of hydrogen-bond donors (Lipinski definition) is 2. The number of nitrogens with one attached hydrogen (secondary N) is 1. The molecule has 0 saturated carbocycles. The van der Waals surface area contributed by atoms with Crippen LogP contribution in [0.2, 0.25) is 10.0 Å². The molecule has 12 heteroatoms. The van der Waals surface area contributed by atoms with Gasteiger partial charge in [-0.25, -0.2) is 0 Å². The van der Waals surface area contributed by atoms with Gasteiger partial charge in [-0.15, -0.1) is 0 Å². The lowest BCUT2D eigenvalue weighted by Crippen LogP contribution is -2.08. The molecule has 4 aromatic carbocycles. The van der Waals surface area contributed by atoms with E-state index in [1.807, 2.05) is 0 Å². The van der Waals surface area contributed by atoms with E-state index < -0.39 is 29.4 Å². The Morgan fingerprint density at radius 2 is 1.25 bits per heavy atom. The Hall–Kier alpha value is -4.02. The molecule has 0 fully saturated rings. The molecule has 0 spiro atoms. The fourth-order valence-electron chi connectivity index (χ4n) is 4.51. The second-order valence-corrected chi connectivity index (χ2v) is 10.7. The Kier molecular flexibility index (Phi) is 9.95. The first-order chi connectivity index (χ1) is 20.6. The minimum absolute atomic E-state index is 0.0246. The number of hydrogen-bond acceptors (Lipinski definition) is 3. The van der Waals surface area contributed by atoms with Gasteiger partial charge in [0.1, 0.15) is 0 Å². The summed E-state index contributed by atoms with van der Waals surface area (Å²) >= 11 is 12.5. The number of carboxylic acid groups (broad SMARTS) is 1. The molecular formula is C32H23Cl2F6NO3. The van der Waals surface area contributed by atoms with Crippen LogP contribution in [0.15, 0.2) is 78.9 Å². The molecule has 0 amide bonds. The van der Waals surface area contributed by atoms with Crippen molar-refractivity contribution in [2.75, 3.05) is 5.32 Å². The van der Waals surface area contributed by atoms with E-state index in [1.54, 1.807) is 12.1 Å². The van der Waals surface area contributed by atoms with E-state index in [2.05, 4.69) is 5.32 Å². The first-order valence-electron chi connectivity index (χ1n) is 13.1. The molecular weight excluding hydrogens is 631 g/mol. The predicted molar refractivity (Wildman–Crippen MR) is 157 cm³/mol. The van der Waals surface area contributed by atoms with E-state index in [1.165, 1.54) is 42.5 Å². The number of benzene rings is 4. The van der Waals surface area contributed by atoms with Gasteiger partial charge in [0, 0.05) is 46.8 Å². The Bertz CT molecular complexity index is 1690. The zero-order valence-electron chi connectivity index (χ0n) is 22.6. The van der Waals surface area contributed by atoms with Crippen LogP contribution in [0.1, 0.15) is 46.3 Å². The second-order valence-electron chi connectivity index (χ2n) is 9.86. The van der Waals surface area contributed by atoms with E-state index in [9.17, 15) is 35.9 Å². The van der Waals surface area contributed by atoms with Crippen molar-refractivity contribution in [3.63, 3.8) is 0 Å². The monoisotopic (exact) mass is 653 g/mol. The van der Waals surface area contributed by atoms with Gasteiger partial charge >= 0.3 is 18.3 Å². The van der Waals surface area contributed by atoms with Crippen molar-refractivity contribution in [1.82, 2.24) is 0 Å². The third kappa shape index (κ3) is 8.12. The summed E-state index contributed by atoms with van der Waals surface area (Å²) < 4.78 is 79.7. The van der Waals surface area contributed by atoms with Crippen LogP contribution < -0.4 is 5.32 Å². The van der Waals surface area contributed by atoms with Gasteiger partial charge in [-0.1, -0.05) is 65.7 Å². The van der Waals surface area contributed by atoms with Gasteiger partial charge in [0.05, 0.1) is 16.1 Å². The average molecular weight is 654 g/mol. The van der Waals surface area contributed by atoms with Crippen molar-refractivity contribution in [3.05, 3.63) is 111 Å². The highest BCUT2D eigenvalue weighted by Gasteiger charge is 2.32. The smallest absolute Gasteiger partial charge is 0.416 e. The van der Waals surface area contributed by atoms with Crippen LogP contribution in [0.4, 0.5) is 32.0 Å². The van der Waals surface area contributed by atoms with Crippen LogP contribution in [0, 0.1) is 0 Å². The number of aliphatic carboxylic acids is 1. The number of carbonyl (C=O) groups excluding carboxylic acids is 1. The molecule has 4 aromatic rings. The highest BCUT2D eigenvalue weighted by molar-refractivity contribution is 6.36. The molecule has 0 aliphatic rings. The van der Waals surface area contributed by atoms with Gasteiger partial charge in [-0.2, -0.15) is 26.3 Å². The lowest BCUT2D eigenvalue weighted by molar-refractivity contribution is -0.138. The standard InChI is InChI=1S/C32H23Cl2F6NO3/c33-27-15-22(32(38,39)40)10-12-24(27)25-13-11-23(16-28(25)34)41-17-20-8-9-21(31(35,36)37)14-26(20)18-4-6-19(7-5-18)29(42)2-1-3-30(43)44/h4-16,41H,1-3,17H2,(H,43,44). The molecule has 0 atom stereocenters. The van der Waals surface area contributed by atoms with Crippen molar-refractivity contribution < 1.29 is 41.0 Å². The fourth-order valence-corrected chi connectivity index (χ4v) is 5.07. The summed E-state index contributed by atoms with van der Waals surface area (Å²) in [5.41, 5.74) is 0.953. The summed E-state index contributed by atoms with van der Waals surface area (Å²) in [6.45, 7) is 0.0834. The maximum Gasteiger partial charge on any atom is 0.416 e. The summed E-state index contributed by atoms with van der Waals surface area (Å²) in [6, 6.07) is 17.0. The van der Waals surface area contributed by atoms with Crippen molar-refractivity contribution in [2.24, 2.45) is 0 Å². The van der Waals surface area contributed by atoms with Gasteiger partial charge in [0.15, 0.2) is 5.78 Å². The Morgan fingerprint density at radius 1 is 0.682 bits per heavy atom. The van der Waals surface area contributed by atoms with Crippen molar-refractivity contribution >= 4 is 40.6 Å². The van der Waals surface area contributed by atoms with Crippen molar-refractivity contribution in [2.45, 2.75) is 38.2 Å². The Labute approximate surface area is 258 Å². The third-order valence-corrected chi connectivity index (χ3v) is 7.41. The largest absolute Gasteiger partial charge is 0.481 e. The van der Waals surface area contributed by atoms with Crippen LogP contribution in [0.3, 0.4) is 0 Å². The molecule has 230 valence electrons. The molecule has 0 saturated heterocycles. The molecule has 0 bridgehead atoms.